The second-order valence-electron chi connectivity index (χ2n) is 8.08. The average Bonchev–Trinajstić information content (AvgIpc) is 2.84. The highest BCUT2D eigenvalue weighted by Gasteiger charge is 2.04. The van der Waals surface area contributed by atoms with E-state index in [2.05, 4.69) is 34.9 Å². The van der Waals surface area contributed by atoms with Gasteiger partial charge >= 0.3 is 0 Å². The smallest absolute Gasteiger partial charge is 0.224 e. The molecule has 0 saturated heterocycles. The summed E-state index contributed by atoms with van der Waals surface area (Å²) in [5.41, 5.74) is 3.96. The summed E-state index contributed by atoms with van der Waals surface area (Å²) >= 11 is 0. The molecule has 1 aromatic rings. The highest BCUT2D eigenvalue weighted by atomic mass is 16.1. The van der Waals surface area contributed by atoms with E-state index in [-0.39, 0.29) is 5.91 Å². The van der Waals surface area contributed by atoms with Crippen LogP contribution in [0, 0.1) is 0 Å². The Morgan fingerprint density at radius 3 is 1.88 bits per heavy atom. The van der Waals surface area contributed by atoms with Crippen LogP contribution in [0.5, 0.6) is 0 Å². The summed E-state index contributed by atoms with van der Waals surface area (Å²) in [6, 6.07) is 7.25. The first kappa shape index (κ1) is 30.7. The van der Waals surface area contributed by atoms with Crippen molar-refractivity contribution in [3.8, 4) is 0 Å². The number of amidine groups is 1. The van der Waals surface area contributed by atoms with Crippen LogP contribution in [-0.2, 0) is 4.79 Å². The van der Waals surface area contributed by atoms with Crippen LogP contribution in [0.4, 0.5) is 5.69 Å². The lowest BCUT2D eigenvalue weighted by atomic mass is 10.1. The minimum absolute atomic E-state index is 0.0510. The number of benzene rings is 1. The molecule has 1 rings (SSSR count). The van der Waals surface area contributed by atoms with E-state index in [1.165, 1.54) is 70.6 Å². The summed E-state index contributed by atoms with van der Waals surface area (Å²) in [6.45, 7) is 6.26. The molecule has 0 heterocycles. The SMILES string of the molecule is CC.CCCCCCCC/C=C\CCCCCCCC(=O)Nc1ccc(/C(=N/N)NN)cc1. The number of hydrogen-bond donors (Lipinski definition) is 4. The molecule has 0 aromatic heterocycles. The van der Waals surface area contributed by atoms with Crippen molar-refractivity contribution in [2.75, 3.05) is 5.32 Å². The van der Waals surface area contributed by atoms with Crippen LogP contribution in [0.2, 0.25) is 0 Å². The topological polar surface area (TPSA) is 106 Å². The largest absolute Gasteiger partial charge is 0.326 e. The van der Waals surface area contributed by atoms with Crippen molar-refractivity contribution >= 4 is 17.4 Å². The summed E-state index contributed by atoms with van der Waals surface area (Å²) in [4.78, 5) is 12.1. The molecule has 1 aromatic carbocycles. The van der Waals surface area contributed by atoms with Crippen molar-refractivity contribution in [1.82, 2.24) is 5.43 Å². The predicted molar refractivity (Wildman–Crippen MR) is 144 cm³/mol. The molecule has 188 valence electrons. The molecular weight excluding hydrogens is 410 g/mol. The van der Waals surface area contributed by atoms with Crippen molar-refractivity contribution < 1.29 is 4.79 Å². The van der Waals surface area contributed by atoms with Gasteiger partial charge in [0.25, 0.3) is 0 Å². The molecule has 0 aliphatic carbocycles. The molecular formula is C27H49N5O. The molecule has 0 radical (unpaired) electrons. The molecule has 0 spiro atoms. The first-order valence-corrected chi connectivity index (χ1v) is 13.0. The molecule has 1 amide bonds. The maximum Gasteiger partial charge on any atom is 0.224 e. The van der Waals surface area contributed by atoms with E-state index in [4.69, 9.17) is 11.7 Å². The van der Waals surface area contributed by atoms with Crippen LogP contribution in [0.1, 0.15) is 116 Å². The number of nitrogens with two attached hydrogens (primary N) is 2. The molecule has 0 bridgehead atoms. The van der Waals surface area contributed by atoms with Gasteiger partial charge in [0.05, 0.1) is 0 Å². The van der Waals surface area contributed by atoms with Crippen molar-refractivity contribution in [3.63, 3.8) is 0 Å². The maximum atomic E-state index is 12.1. The number of hydrazine groups is 1. The number of nitrogens with zero attached hydrogens (tertiary/aromatic N) is 1. The van der Waals surface area contributed by atoms with Gasteiger partial charge in [-0.2, -0.15) is 5.10 Å². The van der Waals surface area contributed by atoms with E-state index >= 15 is 0 Å². The summed E-state index contributed by atoms with van der Waals surface area (Å²) in [7, 11) is 0. The fraction of sp³-hybridized carbons (Fsp3) is 0.630. The van der Waals surface area contributed by atoms with Gasteiger partial charge in [0.1, 0.15) is 0 Å². The molecule has 0 unspecified atom stereocenters. The second-order valence-corrected chi connectivity index (χ2v) is 8.08. The quantitative estimate of drug-likeness (QED) is 0.0515. The zero-order chi connectivity index (χ0) is 24.6. The Hall–Kier alpha value is -2.34. The summed E-state index contributed by atoms with van der Waals surface area (Å²) in [5.74, 6) is 11.0. The second kappa shape index (κ2) is 22.8. The number of hydrogen-bond acceptors (Lipinski definition) is 4. The van der Waals surface area contributed by atoms with Crippen molar-refractivity contribution in [2.45, 2.75) is 111 Å². The zero-order valence-corrected chi connectivity index (χ0v) is 21.4. The number of unbranched alkanes of at least 4 members (excludes halogenated alkanes) is 11. The number of anilines is 1. The average molecular weight is 460 g/mol. The van der Waals surface area contributed by atoms with Crippen molar-refractivity contribution in [3.05, 3.63) is 42.0 Å². The fourth-order valence-corrected chi connectivity index (χ4v) is 3.49. The van der Waals surface area contributed by atoms with E-state index in [0.717, 1.165) is 24.1 Å². The number of carbonyl (C=O) groups is 1. The number of carbonyl (C=O) groups excluding carboxylic acids is 1. The number of rotatable bonds is 17. The molecule has 0 aliphatic rings. The zero-order valence-electron chi connectivity index (χ0n) is 21.4. The number of amides is 1. The Morgan fingerprint density at radius 2 is 1.36 bits per heavy atom. The summed E-state index contributed by atoms with van der Waals surface area (Å²) in [6.07, 6.45) is 21.6. The molecule has 0 saturated carbocycles. The predicted octanol–water partition coefficient (Wildman–Crippen LogP) is 6.77. The van der Waals surface area contributed by atoms with Gasteiger partial charge in [-0.3, -0.25) is 4.79 Å². The van der Waals surface area contributed by atoms with Gasteiger partial charge in [0.15, 0.2) is 5.84 Å². The van der Waals surface area contributed by atoms with E-state index in [1.54, 1.807) is 0 Å². The van der Waals surface area contributed by atoms with Gasteiger partial charge < -0.3 is 16.6 Å². The van der Waals surface area contributed by atoms with Crippen molar-refractivity contribution in [1.29, 1.82) is 0 Å². The molecule has 0 aliphatic heterocycles. The minimum atomic E-state index is 0.0510. The Balaban J connectivity index is 0.00000497. The maximum absolute atomic E-state index is 12.1. The first-order chi connectivity index (χ1) is 16.2. The number of hydrazone groups is 1. The van der Waals surface area contributed by atoms with Crippen LogP contribution >= 0.6 is 0 Å². The van der Waals surface area contributed by atoms with E-state index in [1.807, 2.05) is 38.1 Å². The fourth-order valence-electron chi connectivity index (χ4n) is 3.49. The van der Waals surface area contributed by atoms with Crippen LogP contribution < -0.4 is 22.4 Å². The van der Waals surface area contributed by atoms with Gasteiger partial charge in [0, 0.05) is 17.7 Å². The molecule has 6 heteroatoms. The molecule has 0 fully saturated rings. The lowest BCUT2D eigenvalue weighted by Gasteiger charge is -2.07. The highest BCUT2D eigenvalue weighted by Crippen LogP contribution is 2.13. The number of nitrogens with one attached hydrogen (secondary N) is 2. The third-order valence-corrected chi connectivity index (χ3v) is 5.37. The van der Waals surface area contributed by atoms with Gasteiger partial charge in [-0.1, -0.05) is 84.3 Å². The van der Waals surface area contributed by atoms with Crippen LogP contribution in [0.25, 0.3) is 0 Å². The molecule has 0 atom stereocenters. The van der Waals surface area contributed by atoms with Crippen LogP contribution in [-0.4, -0.2) is 11.7 Å². The molecule has 6 N–H and O–H groups in total. The third-order valence-electron chi connectivity index (χ3n) is 5.37. The van der Waals surface area contributed by atoms with Gasteiger partial charge in [-0.15, -0.1) is 0 Å². The van der Waals surface area contributed by atoms with Gasteiger partial charge in [-0.25, -0.2) is 5.84 Å². The minimum Gasteiger partial charge on any atom is -0.326 e. The normalized spacial score (nSPS) is 11.2. The summed E-state index contributed by atoms with van der Waals surface area (Å²) in [5, 5.41) is 6.48. The lowest BCUT2D eigenvalue weighted by Crippen LogP contribution is -2.32. The Labute approximate surface area is 202 Å². The highest BCUT2D eigenvalue weighted by molar-refractivity contribution is 5.99. The monoisotopic (exact) mass is 459 g/mol. The van der Waals surface area contributed by atoms with Crippen LogP contribution in [0.3, 0.4) is 0 Å². The number of allylic oxidation sites excluding steroid dienone is 2. The van der Waals surface area contributed by atoms with E-state index in [0.29, 0.717) is 12.3 Å². The van der Waals surface area contributed by atoms with E-state index in [9.17, 15) is 4.79 Å². The van der Waals surface area contributed by atoms with E-state index < -0.39 is 0 Å². The summed E-state index contributed by atoms with van der Waals surface area (Å²) < 4.78 is 0. The van der Waals surface area contributed by atoms with Crippen LogP contribution in [0.15, 0.2) is 41.5 Å². The van der Waals surface area contributed by atoms with Gasteiger partial charge in [-0.05, 0) is 56.4 Å². The Kier molecular flexibility index (Phi) is 21.2. The van der Waals surface area contributed by atoms with Gasteiger partial charge in [0.2, 0.25) is 5.91 Å². The lowest BCUT2D eigenvalue weighted by molar-refractivity contribution is -0.116. The standard InChI is InChI=1S/C25H43N5O.C2H6/c1-2-3-4-5-6-7-8-9-10-11-12-13-14-15-16-17-24(31)28-23-20-18-22(19-21-23)25(29-26)30-27;1-2/h9-10,18-21H,2-8,11-17,26-27H2,1H3,(H,28,31)(H,29,30);1-2H3/b10-9-;. The Morgan fingerprint density at radius 1 is 0.848 bits per heavy atom. The third kappa shape index (κ3) is 16.9. The van der Waals surface area contributed by atoms with Crippen molar-refractivity contribution in [2.24, 2.45) is 16.8 Å². The first-order valence-electron chi connectivity index (χ1n) is 13.0. The molecule has 6 nitrogen and oxygen atoms in total. The molecule has 33 heavy (non-hydrogen) atoms. The Bertz CT molecular complexity index is 640.